The summed E-state index contributed by atoms with van der Waals surface area (Å²) in [6.07, 6.45) is 3.02. The molecule has 5 rings (SSSR count). The number of aryl methyl sites for hydroxylation is 1. The molecule has 0 fully saturated rings. The van der Waals surface area contributed by atoms with Crippen molar-refractivity contribution in [3.8, 4) is 28.5 Å². The van der Waals surface area contributed by atoms with Crippen LogP contribution in [-0.4, -0.2) is 56.1 Å². The second-order valence-corrected chi connectivity index (χ2v) is 10.5. The number of pyridine rings is 1. The molecule has 192 valence electrons. The Labute approximate surface area is 234 Å². The molecular weight excluding hydrogens is 605 g/mol. The second kappa shape index (κ2) is 10.9. The third-order valence-electron chi connectivity index (χ3n) is 6.29. The number of benzene rings is 1. The predicted molar refractivity (Wildman–Crippen MR) is 152 cm³/mol. The Bertz CT molecular complexity index is 1400. The summed E-state index contributed by atoms with van der Waals surface area (Å²) in [5.41, 5.74) is 5.55. The minimum atomic E-state index is -0.629. The molecule has 37 heavy (non-hydrogen) atoms. The zero-order chi connectivity index (χ0) is 26.1. The van der Waals surface area contributed by atoms with Crippen molar-refractivity contribution >= 4 is 40.0 Å². The first-order chi connectivity index (χ1) is 17.9. The average Bonchev–Trinajstić information content (AvgIpc) is 3.46. The smallest absolute Gasteiger partial charge is 0.163 e. The van der Waals surface area contributed by atoms with Crippen molar-refractivity contribution in [2.24, 2.45) is 7.05 Å². The summed E-state index contributed by atoms with van der Waals surface area (Å²) in [5, 5.41) is 17.9. The molecule has 0 saturated carbocycles. The normalized spacial score (nSPS) is 13.6. The number of likely N-dealkylation sites (N-methyl/N-ethyl adjacent to an activating group) is 1. The lowest BCUT2D eigenvalue weighted by Gasteiger charge is -2.22. The number of nitrogens with zero attached hydrogens (tertiary/aromatic N) is 6. The Morgan fingerprint density at radius 2 is 2.08 bits per heavy atom. The number of aliphatic hydroxyl groups excluding tert-OH is 1. The van der Waals surface area contributed by atoms with E-state index in [1.54, 1.807) is 19.2 Å². The molecule has 1 aliphatic heterocycles. The van der Waals surface area contributed by atoms with Crippen LogP contribution in [-0.2, 0) is 20.1 Å². The molecule has 3 aromatic heterocycles. The number of nitrogens with one attached hydrogen (secondary N) is 1. The fourth-order valence-corrected chi connectivity index (χ4v) is 5.37. The maximum absolute atomic E-state index is 10.1. The number of rotatable bonds is 8. The van der Waals surface area contributed by atoms with Crippen LogP contribution in [0.25, 0.3) is 22.8 Å². The van der Waals surface area contributed by atoms with Gasteiger partial charge in [0.1, 0.15) is 30.0 Å². The van der Waals surface area contributed by atoms with E-state index in [1.807, 2.05) is 43.2 Å². The van der Waals surface area contributed by atoms with Crippen molar-refractivity contribution in [3.05, 3.63) is 68.1 Å². The topological polar surface area (TPSA) is 101 Å². The van der Waals surface area contributed by atoms with Crippen LogP contribution < -0.4 is 15.0 Å². The van der Waals surface area contributed by atoms with Gasteiger partial charge in [0.2, 0.25) is 0 Å². The van der Waals surface area contributed by atoms with Gasteiger partial charge < -0.3 is 20.1 Å². The zero-order valence-corrected chi connectivity index (χ0v) is 23.7. The van der Waals surface area contributed by atoms with Gasteiger partial charge in [-0.15, -0.1) is 0 Å². The van der Waals surface area contributed by atoms with Crippen molar-refractivity contribution < 1.29 is 9.84 Å². The van der Waals surface area contributed by atoms with Crippen molar-refractivity contribution in [1.82, 2.24) is 30.0 Å². The summed E-state index contributed by atoms with van der Waals surface area (Å²) >= 11 is 8.95. The quantitative estimate of drug-likeness (QED) is 0.282. The lowest BCUT2D eigenvalue weighted by Crippen LogP contribution is -2.29. The standard InChI is InChI=1S/C26H27ClIN7O2/c1-15-23(24-21(28)11-31-34(24)3)32-25(33-26(15)35-12-16-5-4-8-30-22(16)13-35)19-9-18(6-7-20(19)27)37-14-17(36)10-29-2/h4-9,11,17,29,36H,10,12-14H2,1-3H3. The van der Waals surface area contributed by atoms with Gasteiger partial charge >= 0.3 is 0 Å². The number of ether oxygens (including phenoxy) is 1. The zero-order valence-electron chi connectivity index (χ0n) is 20.7. The summed E-state index contributed by atoms with van der Waals surface area (Å²) in [6.45, 7) is 4.00. The van der Waals surface area contributed by atoms with Crippen molar-refractivity contribution in [3.63, 3.8) is 0 Å². The maximum Gasteiger partial charge on any atom is 0.163 e. The van der Waals surface area contributed by atoms with Gasteiger partial charge in [-0.1, -0.05) is 17.7 Å². The molecule has 2 N–H and O–H groups in total. The lowest BCUT2D eigenvalue weighted by atomic mass is 10.1. The summed E-state index contributed by atoms with van der Waals surface area (Å²) in [5.74, 6) is 1.89. The van der Waals surface area contributed by atoms with Gasteiger partial charge in [0.25, 0.3) is 0 Å². The van der Waals surface area contributed by atoms with E-state index >= 15 is 0 Å². The molecule has 1 aromatic carbocycles. The number of hydrogen-bond acceptors (Lipinski definition) is 8. The van der Waals surface area contributed by atoms with Crippen LogP contribution in [0, 0.1) is 10.5 Å². The number of fused-ring (bicyclic) bond motifs is 1. The minimum Gasteiger partial charge on any atom is -0.491 e. The molecule has 0 saturated heterocycles. The van der Waals surface area contributed by atoms with E-state index in [-0.39, 0.29) is 6.61 Å². The SMILES string of the molecule is CNCC(O)COc1ccc(Cl)c(-c2nc(-c3c(I)cnn3C)c(C)c(N3Cc4cccnc4C3)n2)c1. The summed E-state index contributed by atoms with van der Waals surface area (Å²) in [7, 11) is 3.69. The molecule has 1 aliphatic rings. The Kier molecular flexibility index (Phi) is 7.61. The molecule has 0 bridgehead atoms. The lowest BCUT2D eigenvalue weighted by molar-refractivity contribution is 0.108. The molecule has 0 radical (unpaired) electrons. The van der Waals surface area contributed by atoms with Crippen LogP contribution in [0.3, 0.4) is 0 Å². The fourth-order valence-electron chi connectivity index (χ4n) is 4.44. The van der Waals surface area contributed by atoms with Crippen LogP contribution in [0.15, 0.2) is 42.7 Å². The highest BCUT2D eigenvalue weighted by molar-refractivity contribution is 14.1. The average molecular weight is 632 g/mol. The van der Waals surface area contributed by atoms with Crippen LogP contribution in [0.1, 0.15) is 16.8 Å². The highest BCUT2D eigenvalue weighted by Crippen LogP contribution is 2.38. The number of aliphatic hydroxyl groups is 1. The number of anilines is 1. The van der Waals surface area contributed by atoms with E-state index in [4.69, 9.17) is 26.3 Å². The Morgan fingerprint density at radius 1 is 1.24 bits per heavy atom. The van der Waals surface area contributed by atoms with Crippen molar-refractivity contribution in [1.29, 1.82) is 0 Å². The fraction of sp³-hybridized carbons (Fsp3) is 0.308. The van der Waals surface area contributed by atoms with E-state index in [2.05, 4.69) is 49.0 Å². The molecule has 1 atom stereocenters. The van der Waals surface area contributed by atoms with E-state index < -0.39 is 6.10 Å². The van der Waals surface area contributed by atoms with Crippen molar-refractivity contribution in [2.45, 2.75) is 26.1 Å². The molecule has 9 nitrogen and oxygen atoms in total. The van der Waals surface area contributed by atoms with Gasteiger partial charge in [0, 0.05) is 37.5 Å². The molecule has 0 spiro atoms. The van der Waals surface area contributed by atoms with Gasteiger partial charge in [-0.25, -0.2) is 9.97 Å². The van der Waals surface area contributed by atoms with Crippen LogP contribution >= 0.6 is 34.2 Å². The Morgan fingerprint density at radius 3 is 2.81 bits per heavy atom. The molecule has 0 aliphatic carbocycles. The molecule has 11 heteroatoms. The number of aromatic nitrogens is 5. The van der Waals surface area contributed by atoms with E-state index in [0.717, 1.165) is 32.0 Å². The minimum absolute atomic E-state index is 0.152. The first-order valence-electron chi connectivity index (χ1n) is 11.8. The van der Waals surface area contributed by atoms with Gasteiger partial charge in [-0.2, -0.15) is 5.10 Å². The van der Waals surface area contributed by atoms with Crippen molar-refractivity contribution in [2.75, 3.05) is 25.1 Å². The van der Waals surface area contributed by atoms with Crippen LogP contribution in [0.5, 0.6) is 5.75 Å². The first kappa shape index (κ1) is 25.8. The summed E-state index contributed by atoms with van der Waals surface area (Å²) in [4.78, 5) is 16.8. The highest BCUT2D eigenvalue weighted by Gasteiger charge is 2.27. The third-order valence-corrected chi connectivity index (χ3v) is 7.40. The molecule has 0 amide bonds. The van der Waals surface area contributed by atoms with E-state index in [9.17, 15) is 5.11 Å². The number of halogens is 2. The van der Waals surface area contributed by atoms with E-state index in [0.29, 0.717) is 41.8 Å². The number of hydrogen-bond donors (Lipinski definition) is 2. The monoisotopic (exact) mass is 631 g/mol. The molecule has 1 unspecified atom stereocenters. The van der Waals surface area contributed by atoms with Crippen LogP contribution in [0.4, 0.5) is 5.82 Å². The maximum atomic E-state index is 10.1. The van der Waals surface area contributed by atoms with Gasteiger partial charge in [0.05, 0.1) is 32.7 Å². The van der Waals surface area contributed by atoms with E-state index in [1.165, 1.54) is 5.56 Å². The van der Waals surface area contributed by atoms with Crippen LogP contribution in [0.2, 0.25) is 5.02 Å². The first-order valence-corrected chi connectivity index (χ1v) is 13.3. The van der Waals surface area contributed by atoms with Gasteiger partial charge in [0.15, 0.2) is 5.82 Å². The summed E-state index contributed by atoms with van der Waals surface area (Å²) < 4.78 is 8.66. The largest absolute Gasteiger partial charge is 0.491 e. The third kappa shape index (κ3) is 5.28. The molecule has 4 heterocycles. The van der Waals surface area contributed by atoms with Gasteiger partial charge in [-0.05, 0) is 66.4 Å². The highest BCUT2D eigenvalue weighted by atomic mass is 127. The predicted octanol–water partition coefficient (Wildman–Crippen LogP) is 3.98. The Balaban J connectivity index is 1.60. The molecule has 4 aromatic rings. The molecular formula is C26H27ClIN7O2. The second-order valence-electron chi connectivity index (χ2n) is 8.94. The Hall–Kier alpha value is -2.80. The summed E-state index contributed by atoms with van der Waals surface area (Å²) in [6, 6.07) is 9.43. The van der Waals surface area contributed by atoms with Gasteiger partial charge in [-0.3, -0.25) is 9.67 Å².